The first-order valence-electron chi connectivity index (χ1n) is 5.73. The van der Waals surface area contributed by atoms with Crippen molar-refractivity contribution < 1.29 is 13.2 Å². The summed E-state index contributed by atoms with van der Waals surface area (Å²) in [6, 6.07) is 5.78. The van der Waals surface area contributed by atoms with E-state index in [1.165, 1.54) is 41.3 Å². The second-order valence-electron chi connectivity index (χ2n) is 4.03. The van der Waals surface area contributed by atoms with Crippen LogP contribution >= 0.6 is 23.1 Å². The smallest absolute Gasteiger partial charge is 0.238 e. The Morgan fingerprint density at radius 3 is 2.86 bits per heavy atom. The van der Waals surface area contributed by atoms with Gasteiger partial charge in [0.15, 0.2) is 4.34 Å². The number of nitrogens with zero attached hydrogens (tertiary/aromatic N) is 2. The van der Waals surface area contributed by atoms with Crippen molar-refractivity contribution in [1.82, 2.24) is 10.2 Å². The van der Waals surface area contributed by atoms with Crippen LogP contribution in [0.1, 0.15) is 6.92 Å². The van der Waals surface area contributed by atoms with Gasteiger partial charge in [0, 0.05) is 5.69 Å². The van der Waals surface area contributed by atoms with Gasteiger partial charge in [-0.05, 0) is 25.1 Å². The minimum Gasteiger partial charge on any atom is -0.325 e. The Morgan fingerprint density at radius 2 is 2.24 bits per heavy atom. The first-order chi connectivity index (χ1) is 9.86. The number of hydrogen-bond acceptors (Lipinski definition) is 7. The molecule has 0 aliphatic rings. The minimum atomic E-state index is -3.80. The third-order valence-electron chi connectivity index (χ3n) is 2.42. The fourth-order valence-electron chi connectivity index (χ4n) is 1.41. The van der Waals surface area contributed by atoms with Crippen molar-refractivity contribution >= 4 is 44.7 Å². The van der Waals surface area contributed by atoms with Gasteiger partial charge in [-0.25, -0.2) is 13.6 Å². The molecular weight excluding hydrogens is 332 g/mol. The van der Waals surface area contributed by atoms with Gasteiger partial charge < -0.3 is 5.32 Å². The quantitative estimate of drug-likeness (QED) is 0.790. The molecule has 1 amide bonds. The fourth-order valence-corrected chi connectivity index (χ4v) is 3.60. The lowest BCUT2D eigenvalue weighted by molar-refractivity contribution is -0.115. The van der Waals surface area contributed by atoms with Crippen molar-refractivity contribution in [2.24, 2.45) is 5.14 Å². The van der Waals surface area contributed by atoms with Crippen LogP contribution in [0.25, 0.3) is 0 Å². The van der Waals surface area contributed by atoms with Gasteiger partial charge in [0.1, 0.15) is 5.51 Å². The third kappa shape index (κ3) is 4.49. The number of hydrogen-bond donors (Lipinski definition) is 2. The number of anilines is 1. The van der Waals surface area contributed by atoms with E-state index in [9.17, 15) is 13.2 Å². The van der Waals surface area contributed by atoms with Gasteiger partial charge in [0.05, 0.1) is 10.1 Å². The van der Waals surface area contributed by atoms with E-state index in [4.69, 9.17) is 5.14 Å². The molecule has 1 aromatic carbocycles. The summed E-state index contributed by atoms with van der Waals surface area (Å²) < 4.78 is 23.2. The number of carbonyl (C=O) groups excluding carboxylic acids is 1. The molecule has 10 heteroatoms. The molecule has 2 rings (SSSR count). The Hall–Kier alpha value is -1.49. The number of primary sulfonamides is 1. The molecule has 0 aliphatic heterocycles. The van der Waals surface area contributed by atoms with Gasteiger partial charge in [-0.15, -0.1) is 10.2 Å². The highest BCUT2D eigenvalue weighted by molar-refractivity contribution is 8.02. The van der Waals surface area contributed by atoms with E-state index in [1.807, 2.05) is 0 Å². The van der Waals surface area contributed by atoms with Crippen molar-refractivity contribution in [3.05, 3.63) is 29.8 Å². The van der Waals surface area contributed by atoms with Crippen molar-refractivity contribution in [2.75, 3.05) is 5.32 Å². The SMILES string of the molecule is CC(Sc1nncs1)C(=O)Nc1cccc(S(N)(=O)=O)c1. The maximum atomic E-state index is 12.0. The second-order valence-corrected chi connectivity index (χ2v) is 8.01. The summed E-state index contributed by atoms with van der Waals surface area (Å²) in [5.74, 6) is -0.262. The molecule has 0 fully saturated rings. The molecule has 3 N–H and O–H groups in total. The molecule has 1 atom stereocenters. The molecule has 1 unspecified atom stereocenters. The summed E-state index contributed by atoms with van der Waals surface area (Å²) in [4.78, 5) is 12.0. The molecule has 0 saturated heterocycles. The molecule has 0 spiro atoms. The molecule has 2 aromatic rings. The normalized spacial score (nSPS) is 12.9. The van der Waals surface area contributed by atoms with Gasteiger partial charge in [-0.2, -0.15) is 0 Å². The van der Waals surface area contributed by atoms with Gasteiger partial charge in [0.25, 0.3) is 0 Å². The Labute approximate surface area is 130 Å². The number of thioether (sulfide) groups is 1. The number of rotatable bonds is 5. The van der Waals surface area contributed by atoms with Gasteiger partial charge in [-0.3, -0.25) is 4.79 Å². The lowest BCUT2D eigenvalue weighted by Crippen LogP contribution is -2.22. The number of nitrogens with one attached hydrogen (secondary N) is 1. The average molecular weight is 344 g/mol. The van der Waals surface area contributed by atoms with Gasteiger partial charge in [0.2, 0.25) is 15.9 Å². The predicted molar refractivity (Wildman–Crippen MR) is 81.7 cm³/mol. The first-order valence-corrected chi connectivity index (χ1v) is 9.03. The molecule has 0 bridgehead atoms. The second kappa shape index (κ2) is 6.52. The highest BCUT2D eigenvalue weighted by Gasteiger charge is 2.17. The minimum absolute atomic E-state index is 0.0512. The molecule has 1 aromatic heterocycles. The van der Waals surface area contributed by atoms with Crippen LogP contribution in [0.3, 0.4) is 0 Å². The molecular formula is C11H12N4O3S3. The molecule has 7 nitrogen and oxygen atoms in total. The van der Waals surface area contributed by atoms with Crippen molar-refractivity contribution in [2.45, 2.75) is 21.4 Å². The Morgan fingerprint density at radius 1 is 1.48 bits per heavy atom. The largest absolute Gasteiger partial charge is 0.325 e. The van der Waals surface area contributed by atoms with E-state index < -0.39 is 15.3 Å². The van der Waals surface area contributed by atoms with E-state index in [1.54, 1.807) is 18.5 Å². The van der Waals surface area contributed by atoms with Gasteiger partial charge >= 0.3 is 0 Å². The molecule has 1 heterocycles. The van der Waals surface area contributed by atoms with E-state index in [0.29, 0.717) is 10.0 Å². The highest BCUT2D eigenvalue weighted by Crippen LogP contribution is 2.25. The maximum absolute atomic E-state index is 12.0. The number of amides is 1. The number of aromatic nitrogens is 2. The third-order valence-corrected chi connectivity index (χ3v) is 5.24. The van der Waals surface area contributed by atoms with Crippen LogP contribution in [0.15, 0.2) is 39.0 Å². The van der Waals surface area contributed by atoms with Crippen molar-refractivity contribution in [3.63, 3.8) is 0 Å². The monoisotopic (exact) mass is 344 g/mol. The molecule has 0 saturated carbocycles. The molecule has 21 heavy (non-hydrogen) atoms. The fraction of sp³-hybridized carbons (Fsp3) is 0.182. The summed E-state index contributed by atoms with van der Waals surface area (Å²) in [5, 5.41) is 14.8. The Balaban J connectivity index is 2.05. The number of nitrogens with two attached hydrogens (primary N) is 1. The van der Waals surface area contributed by atoms with Crippen LogP contribution in [0, 0.1) is 0 Å². The van der Waals surface area contributed by atoms with E-state index >= 15 is 0 Å². The van der Waals surface area contributed by atoms with E-state index in [0.717, 1.165) is 0 Å². The average Bonchev–Trinajstić information content (AvgIpc) is 2.91. The summed E-state index contributed by atoms with van der Waals surface area (Å²) in [6.45, 7) is 1.73. The summed E-state index contributed by atoms with van der Waals surface area (Å²) in [6.07, 6.45) is 0. The topological polar surface area (TPSA) is 115 Å². The van der Waals surface area contributed by atoms with Crippen LogP contribution in [0.5, 0.6) is 0 Å². The zero-order valence-corrected chi connectivity index (χ0v) is 13.3. The van der Waals surface area contributed by atoms with Gasteiger partial charge in [-0.1, -0.05) is 29.2 Å². The zero-order chi connectivity index (χ0) is 15.5. The van der Waals surface area contributed by atoms with Crippen LogP contribution in [0.4, 0.5) is 5.69 Å². The molecule has 0 radical (unpaired) electrons. The van der Waals surface area contributed by atoms with Crippen molar-refractivity contribution in [3.8, 4) is 0 Å². The van der Waals surface area contributed by atoms with E-state index in [-0.39, 0.29) is 10.8 Å². The maximum Gasteiger partial charge on any atom is 0.238 e. The lowest BCUT2D eigenvalue weighted by Gasteiger charge is -2.10. The highest BCUT2D eigenvalue weighted by atomic mass is 32.2. The van der Waals surface area contributed by atoms with Crippen LogP contribution < -0.4 is 10.5 Å². The Kier molecular flexibility index (Phi) is 4.93. The van der Waals surface area contributed by atoms with E-state index in [2.05, 4.69) is 15.5 Å². The molecule has 112 valence electrons. The standard InChI is InChI=1S/C11H12N4O3S3/c1-7(20-11-15-13-6-19-11)10(16)14-8-3-2-4-9(5-8)21(12,17)18/h2-7H,1H3,(H,14,16)(H2,12,17,18). The lowest BCUT2D eigenvalue weighted by atomic mass is 10.3. The van der Waals surface area contributed by atoms with Crippen LogP contribution in [-0.2, 0) is 14.8 Å². The number of sulfonamides is 1. The van der Waals surface area contributed by atoms with Crippen LogP contribution in [0.2, 0.25) is 0 Å². The summed E-state index contributed by atoms with van der Waals surface area (Å²) >= 11 is 2.62. The predicted octanol–water partition coefficient (Wildman–Crippen LogP) is 1.30. The first kappa shape index (κ1) is 15.9. The Bertz CT molecular complexity index is 731. The summed E-state index contributed by atoms with van der Waals surface area (Å²) in [5.41, 5.74) is 1.96. The number of benzene rings is 1. The van der Waals surface area contributed by atoms with Crippen molar-refractivity contribution in [1.29, 1.82) is 0 Å². The number of carbonyl (C=O) groups is 1. The molecule has 0 aliphatic carbocycles. The zero-order valence-electron chi connectivity index (χ0n) is 10.9. The summed E-state index contributed by atoms with van der Waals surface area (Å²) in [7, 11) is -3.80. The van der Waals surface area contributed by atoms with Crippen LogP contribution in [-0.4, -0.2) is 29.8 Å².